The van der Waals surface area contributed by atoms with Gasteiger partial charge in [-0.2, -0.15) is 0 Å². The summed E-state index contributed by atoms with van der Waals surface area (Å²) in [6.07, 6.45) is -0.572. The third kappa shape index (κ3) is 4.51. The predicted molar refractivity (Wildman–Crippen MR) is 80.0 cm³/mol. The highest BCUT2D eigenvalue weighted by Crippen LogP contribution is 2.22. The van der Waals surface area contributed by atoms with Crippen molar-refractivity contribution in [2.45, 2.75) is 6.92 Å². The Labute approximate surface area is 120 Å². The molecule has 5 heteroatoms. The van der Waals surface area contributed by atoms with Crippen LogP contribution in [0.5, 0.6) is 5.75 Å². The van der Waals surface area contributed by atoms with Crippen molar-refractivity contribution < 1.29 is 9.84 Å². The zero-order chi connectivity index (χ0) is 12.2. The lowest BCUT2D eigenvalue weighted by molar-refractivity contribution is -0.240. The Morgan fingerprint density at radius 3 is 2.24 bits per heavy atom. The molecule has 1 rings (SSSR count). The predicted octanol–water partition coefficient (Wildman–Crippen LogP) is 1.62. The Hall–Kier alpha value is -0.820. The van der Waals surface area contributed by atoms with Gasteiger partial charge in [0.05, 0.1) is 20.6 Å². The second-order valence-electron chi connectivity index (χ2n) is 4.09. The van der Waals surface area contributed by atoms with Crippen molar-refractivity contribution >= 4 is 35.7 Å². The molecule has 0 fully saturated rings. The summed E-state index contributed by atoms with van der Waals surface area (Å²) < 4.78 is 5.75. The van der Waals surface area contributed by atoms with Crippen molar-refractivity contribution in [3.05, 3.63) is 24.3 Å². The van der Waals surface area contributed by atoms with E-state index in [1.54, 1.807) is 12.1 Å². The van der Waals surface area contributed by atoms with Crippen LogP contribution in [0, 0.1) is 0 Å². The zero-order valence-corrected chi connectivity index (χ0v) is 13.0. The highest BCUT2D eigenvalue weighted by atomic mass is 127. The SMILES string of the molecule is CC[N+](C)(C)c1ccc(OC([O-])=NC)cc1.I. The Kier molecular flexibility index (Phi) is 6.48. The standard InChI is InChI=1S/C12H18N2O2.HI/c1-5-14(3,4)10-6-8-11(9-7-10)16-12(15)13-2;/h6-9H,5H2,1-4H3;1H. The summed E-state index contributed by atoms with van der Waals surface area (Å²) in [5.74, 6) is 0.524. The van der Waals surface area contributed by atoms with Crippen LogP contribution in [-0.4, -0.2) is 33.8 Å². The van der Waals surface area contributed by atoms with E-state index >= 15 is 0 Å². The Bertz CT molecular complexity index is 375. The molecule has 0 aliphatic heterocycles. The molecular weight excluding hydrogens is 331 g/mol. The number of hydrogen-bond acceptors (Lipinski definition) is 3. The van der Waals surface area contributed by atoms with E-state index < -0.39 is 6.08 Å². The summed E-state index contributed by atoms with van der Waals surface area (Å²) in [5, 5.41) is 10.9. The lowest BCUT2D eigenvalue weighted by Crippen LogP contribution is -2.39. The van der Waals surface area contributed by atoms with Gasteiger partial charge in [-0.25, -0.2) is 0 Å². The maximum atomic E-state index is 10.9. The van der Waals surface area contributed by atoms with Crippen LogP contribution >= 0.6 is 24.0 Å². The van der Waals surface area contributed by atoms with E-state index in [2.05, 4.69) is 26.0 Å². The molecule has 0 atom stereocenters. The molecule has 0 bridgehead atoms. The first-order chi connectivity index (χ1) is 7.49. The molecule has 4 nitrogen and oxygen atoms in total. The van der Waals surface area contributed by atoms with E-state index in [0.717, 1.165) is 11.0 Å². The van der Waals surface area contributed by atoms with E-state index in [1.807, 2.05) is 12.1 Å². The van der Waals surface area contributed by atoms with Gasteiger partial charge >= 0.3 is 0 Å². The van der Waals surface area contributed by atoms with Gasteiger partial charge in [0, 0.05) is 24.9 Å². The maximum Gasteiger partial charge on any atom is 0.149 e. The summed E-state index contributed by atoms with van der Waals surface area (Å²) in [4.78, 5) is 3.41. The number of hydrogen-bond donors (Lipinski definition) is 0. The summed E-state index contributed by atoms with van der Waals surface area (Å²) >= 11 is 0. The van der Waals surface area contributed by atoms with E-state index in [1.165, 1.54) is 12.7 Å². The van der Waals surface area contributed by atoms with Crippen LogP contribution in [0.1, 0.15) is 6.92 Å². The second-order valence-corrected chi connectivity index (χ2v) is 4.09. The molecule has 1 aromatic rings. The van der Waals surface area contributed by atoms with E-state index in [4.69, 9.17) is 4.74 Å². The van der Waals surface area contributed by atoms with Gasteiger partial charge in [0.15, 0.2) is 0 Å². The Morgan fingerprint density at radius 1 is 1.29 bits per heavy atom. The van der Waals surface area contributed by atoms with Crippen molar-refractivity contribution in [1.29, 1.82) is 0 Å². The van der Waals surface area contributed by atoms with Crippen molar-refractivity contribution in [3.63, 3.8) is 0 Å². The molecule has 0 N–H and O–H groups in total. The van der Waals surface area contributed by atoms with Crippen LogP contribution in [0.3, 0.4) is 0 Å². The van der Waals surface area contributed by atoms with Gasteiger partial charge in [-0.05, 0) is 19.1 Å². The normalized spacial score (nSPS) is 11.9. The van der Waals surface area contributed by atoms with Crippen LogP contribution in [0.2, 0.25) is 0 Å². The number of ether oxygens (including phenoxy) is 1. The summed E-state index contributed by atoms with van der Waals surface area (Å²) in [5.41, 5.74) is 1.18. The third-order valence-electron chi connectivity index (χ3n) is 2.71. The minimum atomic E-state index is -0.572. The number of quaternary nitrogens is 1. The second kappa shape index (κ2) is 6.80. The number of aliphatic imine (C=N–C) groups is 1. The maximum absolute atomic E-state index is 10.9. The largest absolute Gasteiger partial charge is 0.567 e. The smallest absolute Gasteiger partial charge is 0.149 e. The van der Waals surface area contributed by atoms with Crippen molar-refractivity contribution in [2.75, 3.05) is 27.7 Å². The van der Waals surface area contributed by atoms with Gasteiger partial charge in [0.1, 0.15) is 11.8 Å². The van der Waals surface area contributed by atoms with Crippen LogP contribution in [-0.2, 0) is 0 Å². The Morgan fingerprint density at radius 2 is 1.82 bits per heavy atom. The van der Waals surface area contributed by atoms with Crippen LogP contribution in [0.4, 0.5) is 5.69 Å². The molecule has 0 aliphatic carbocycles. The quantitative estimate of drug-likeness (QED) is 0.360. The van der Waals surface area contributed by atoms with Crippen molar-refractivity contribution in [1.82, 2.24) is 4.48 Å². The first-order valence-electron chi connectivity index (χ1n) is 5.25. The van der Waals surface area contributed by atoms with Gasteiger partial charge in [-0.1, -0.05) is 0 Å². The molecule has 96 valence electrons. The molecule has 0 aromatic heterocycles. The zero-order valence-electron chi connectivity index (χ0n) is 10.6. The molecule has 0 saturated carbocycles. The first kappa shape index (κ1) is 16.2. The average Bonchev–Trinajstić information content (AvgIpc) is 2.29. The van der Waals surface area contributed by atoms with E-state index in [-0.39, 0.29) is 24.0 Å². The van der Waals surface area contributed by atoms with Gasteiger partial charge in [-0.15, -0.1) is 24.0 Å². The third-order valence-corrected chi connectivity index (χ3v) is 2.71. The van der Waals surface area contributed by atoms with Crippen molar-refractivity contribution in [3.8, 4) is 5.75 Å². The van der Waals surface area contributed by atoms with Gasteiger partial charge in [0.2, 0.25) is 0 Å². The fourth-order valence-electron chi connectivity index (χ4n) is 1.25. The molecule has 0 spiro atoms. The summed E-state index contributed by atoms with van der Waals surface area (Å²) in [7, 11) is 5.67. The molecule has 0 amide bonds. The fraction of sp³-hybridized carbons (Fsp3) is 0.417. The molecule has 0 heterocycles. The molecular formula is C12H19IN2O2. The Balaban J connectivity index is 0.00000256. The molecule has 0 radical (unpaired) electrons. The number of nitrogens with zero attached hydrogens (tertiary/aromatic N) is 2. The summed E-state index contributed by atoms with van der Waals surface area (Å²) in [6.45, 7) is 3.13. The number of halogens is 1. The van der Waals surface area contributed by atoms with Gasteiger partial charge in [-0.3, -0.25) is 9.48 Å². The molecule has 1 aromatic carbocycles. The number of rotatable bonds is 3. The number of benzene rings is 1. The molecule has 0 unspecified atom stereocenters. The van der Waals surface area contributed by atoms with E-state index in [0.29, 0.717) is 5.75 Å². The topological polar surface area (TPSA) is 44.6 Å². The minimum absolute atomic E-state index is 0. The van der Waals surface area contributed by atoms with Gasteiger partial charge in [0.25, 0.3) is 0 Å². The van der Waals surface area contributed by atoms with Crippen molar-refractivity contribution in [2.24, 2.45) is 4.99 Å². The fourth-order valence-corrected chi connectivity index (χ4v) is 1.25. The molecule has 17 heavy (non-hydrogen) atoms. The van der Waals surface area contributed by atoms with Gasteiger partial charge < -0.3 is 9.84 Å². The van der Waals surface area contributed by atoms with E-state index in [9.17, 15) is 5.11 Å². The first-order valence-corrected chi connectivity index (χ1v) is 5.25. The van der Waals surface area contributed by atoms with Crippen LogP contribution < -0.4 is 14.3 Å². The lowest BCUT2D eigenvalue weighted by atomic mass is 10.2. The highest BCUT2D eigenvalue weighted by Gasteiger charge is 2.14. The lowest BCUT2D eigenvalue weighted by Gasteiger charge is -2.28. The molecule has 0 saturated heterocycles. The summed E-state index contributed by atoms with van der Waals surface area (Å²) in [6, 6.07) is 7.49. The highest BCUT2D eigenvalue weighted by molar-refractivity contribution is 14.0. The minimum Gasteiger partial charge on any atom is -0.567 e. The average molecular weight is 350 g/mol. The van der Waals surface area contributed by atoms with Crippen LogP contribution in [0.25, 0.3) is 0 Å². The monoisotopic (exact) mass is 350 g/mol. The van der Waals surface area contributed by atoms with Crippen LogP contribution in [0.15, 0.2) is 29.3 Å². The molecule has 0 aliphatic rings.